The van der Waals surface area contributed by atoms with E-state index < -0.39 is 0 Å². The molecule has 1 aliphatic carbocycles. The first-order valence-corrected chi connectivity index (χ1v) is 6.45. The zero-order valence-corrected chi connectivity index (χ0v) is 10.8. The monoisotopic (exact) mass is 213 g/mol. The predicted molar refractivity (Wildman–Crippen MR) is 65.0 cm³/mol. The Hall–Kier alpha value is -0.0800. The maximum absolute atomic E-state index is 10.3. The number of hydrogen-bond acceptors (Lipinski definition) is 2. The lowest BCUT2D eigenvalue weighted by molar-refractivity contribution is 0.0158. The van der Waals surface area contributed by atoms with Crippen molar-refractivity contribution in [2.24, 2.45) is 5.41 Å². The SMILES string of the molecule is CCCCN(CC)C1CCC(C)(C)C1O. The van der Waals surface area contributed by atoms with E-state index in [2.05, 4.69) is 32.6 Å². The van der Waals surface area contributed by atoms with E-state index in [1.807, 2.05) is 0 Å². The molecule has 0 spiro atoms. The Morgan fingerprint density at radius 2 is 2.00 bits per heavy atom. The molecule has 2 unspecified atom stereocenters. The highest BCUT2D eigenvalue weighted by Gasteiger charge is 2.42. The van der Waals surface area contributed by atoms with Crippen molar-refractivity contribution in [2.45, 2.75) is 65.5 Å². The van der Waals surface area contributed by atoms with Crippen molar-refractivity contribution >= 4 is 0 Å². The number of hydrogen-bond donors (Lipinski definition) is 1. The van der Waals surface area contributed by atoms with Crippen molar-refractivity contribution in [1.82, 2.24) is 4.90 Å². The van der Waals surface area contributed by atoms with Crippen LogP contribution in [-0.4, -0.2) is 35.2 Å². The Kier molecular flexibility index (Phi) is 4.60. The molecule has 1 aliphatic rings. The van der Waals surface area contributed by atoms with E-state index in [0.717, 1.165) is 25.9 Å². The Balaban J connectivity index is 2.54. The molecular formula is C13H27NO. The van der Waals surface area contributed by atoms with Gasteiger partial charge in [-0.25, -0.2) is 0 Å². The van der Waals surface area contributed by atoms with Crippen LogP contribution in [-0.2, 0) is 0 Å². The minimum Gasteiger partial charge on any atom is -0.391 e. The molecule has 2 nitrogen and oxygen atoms in total. The summed E-state index contributed by atoms with van der Waals surface area (Å²) >= 11 is 0. The fourth-order valence-corrected chi connectivity index (χ4v) is 2.65. The van der Waals surface area contributed by atoms with Gasteiger partial charge in [0, 0.05) is 6.04 Å². The van der Waals surface area contributed by atoms with Gasteiger partial charge in [-0.3, -0.25) is 4.90 Å². The van der Waals surface area contributed by atoms with Gasteiger partial charge in [0.05, 0.1) is 6.10 Å². The second kappa shape index (κ2) is 5.31. The summed E-state index contributed by atoms with van der Waals surface area (Å²) in [4.78, 5) is 2.46. The molecule has 1 saturated carbocycles. The molecule has 0 radical (unpaired) electrons. The lowest BCUT2D eigenvalue weighted by Gasteiger charge is -2.33. The number of unbranched alkanes of at least 4 members (excludes halogenated alkanes) is 1. The summed E-state index contributed by atoms with van der Waals surface area (Å²) < 4.78 is 0. The Labute approximate surface area is 94.7 Å². The lowest BCUT2D eigenvalue weighted by atomic mass is 9.88. The van der Waals surface area contributed by atoms with Crippen molar-refractivity contribution in [3.05, 3.63) is 0 Å². The predicted octanol–water partition coefficient (Wildman–Crippen LogP) is 2.66. The summed E-state index contributed by atoms with van der Waals surface area (Å²) in [6, 6.07) is 0.400. The molecule has 90 valence electrons. The quantitative estimate of drug-likeness (QED) is 0.759. The molecule has 0 amide bonds. The third kappa shape index (κ3) is 2.94. The Morgan fingerprint density at radius 1 is 1.33 bits per heavy atom. The van der Waals surface area contributed by atoms with Crippen LogP contribution < -0.4 is 0 Å². The molecule has 0 bridgehead atoms. The maximum atomic E-state index is 10.3. The fraction of sp³-hybridized carbons (Fsp3) is 1.00. The molecule has 0 aromatic heterocycles. The van der Waals surface area contributed by atoms with Crippen molar-refractivity contribution < 1.29 is 5.11 Å². The first-order valence-electron chi connectivity index (χ1n) is 6.45. The first kappa shape index (κ1) is 13.0. The minimum atomic E-state index is -0.144. The average molecular weight is 213 g/mol. The van der Waals surface area contributed by atoms with Crippen LogP contribution in [0.4, 0.5) is 0 Å². The Morgan fingerprint density at radius 3 is 2.40 bits per heavy atom. The van der Waals surface area contributed by atoms with Crippen molar-refractivity contribution in [2.75, 3.05) is 13.1 Å². The number of aliphatic hydroxyl groups excluding tert-OH is 1. The normalized spacial score (nSPS) is 30.0. The van der Waals surface area contributed by atoms with Gasteiger partial charge < -0.3 is 5.11 Å². The highest BCUT2D eigenvalue weighted by atomic mass is 16.3. The zero-order chi connectivity index (χ0) is 11.5. The number of rotatable bonds is 5. The van der Waals surface area contributed by atoms with Gasteiger partial charge in [-0.05, 0) is 37.8 Å². The van der Waals surface area contributed by atoms with Crippen LogP contribution in [0, 0.1) is 5.41 Å². The molecule has 0 heterocycles. The van der Waals surface area contributed by atoms with E-state index in [-0.39, 0.29) is 11.5 Å². The van der Waals surface area contributed by atoms with Crippen molar-refractivity contribution in [3.63, 3.8) is 0 Å². The second-order valence-corrected chi connectivity index (χ2v) is 5.52. The van der Waals surface area contributed by atoms with Gasteiger partial charge in [-0.2, -0.15) is 0 Å². The number of aliphatic hydroxyl groups is 1. The van der Waals surface area contributed by atoms with Crippen molar-refractivity contribution in [3.8, 4) is 0 Å². The van der Waals surface area contributed by atoms with E-state index in [1.54, 1.807) is 0 Å². The van der Waals surface area contributed by atoms with Gasteiger partial charge >= 0.3 is 0 Å². The highest BCUT2D eigenvalue weighted by molar-refractivity contribution is 4.96. The summed E-state index contributed by atoms with van der Waals surface area (Å²) in [6.07, 6.45) is 4.65. The van der Waals surface area contributed by atoms with Gasteiger partial charge in [0.25, 0.3) is 0 Å². The van der Waals surface area contributed by atoms with Gasteiger partial charge in [0.15, 0.2) is 0 Å². The van der Waals surface area contributed by atoms with E-state index in [9.17, 15) is 5.11 Å². The summed E-state index contributed by atoms with van der Waals surface area (Å²) in [5, 5.41) is 10.3. The van der Waals surface area contributed by atoms with Crippen LogP contribution in [0.2, 0.25) is 0 Å². The number of likely N-dealkylation sites (N-methyl/N-ethyl adjacent to an activating group) is 1. The molecule has 0 saturated heterocycles. The molecule has 0 aromatic rings. The minimum absolute atomic E-state index is 0.115. The van der Waals surface area contributed by atoms with Gasteiger partial charge in [0.2, 0.25) is 0 Å². The molecule has 1 fully saturated rings. The molecule has 2 atom stereocenters. The van der Waals surface area contributed by atoms with Crippen LogP contribution in [0.15, 0.2) is 0 Å². The van der Waals surface area contributed by atoms with Crippen LogP contribution in [0.5, 0.6) is 0 Å². The molecular weight excluding hydrogens is 186 g/mol. The molecule has 1 rings (SSSR count). The highest BCUT2D eigenvalue weighted by Crippen LogP contribution is 2.39. The van der Waals surface area contributed by atoms with Crippen LogP contribution in [0.3, 0.4) is 0 Å². The van der Waals surface area contributed by atoms with Crippen LogP contribution in [0.25, 0.3) is 0 Å². The zero-order valence-electron chi connectivity index (χ0n) is 10.8. The maximum Gasteiger partial charge on any atom is 0.0746 e. The summed E-state index contributed by atoms with van der Waals surface area (Å²) in [5.74, 6) is 0. The van der Waals surface area contributed by atoms with E-state index >= 15 is 0 Å². The van der Waals surface area contributed by atoms with Gasteiger partial charge in [0.1, 0.15) is 0 Å². The summed E-state index contributed by atoms with van der Waals surface area (Å²) in [5.41, 5.74) is 0.115. The smallest absolute Gasteiger partial charge is 0.0746 e. The second-order valence-electron chi connectivity index (χ2n) is 5.52. The molecule has 0 aliphatic heterocycles. The van der Waals surface area contributed by atoms with E-state index in [0.29, 0.717) is 6.04 Å². The molecule has 15 heavy (non-hydrogen) atoms. The van der Waals surface area contributed by atoms with Crippen molar-refractivity contribution in [1.29, 1.82) is 0 Å². The topological polar surface area (TPSA) is 23.5 Å². The summed E-state index contributed by atoms with van der Waals surface area (Å²) in [6.45, 7) is 11.0. The molecule has 1 N–H and O–H groups in total. The van der Waals surface area contributed by atoms with E-state index in [1.165, 1.54) is 12.8 Å². The van der Waals surface area contributed by atoms with Gasteiger partial charge in [-0.15, -0.1) is 0 Å². The standard InChI is InChI=1S/C13H27NO/c1-5-7-10-14(6-2)11-8-9-13(3,4)12(11)15/h11-12,15H,5-10H2,1-4H3. The third-order valence-electron chi connectivity index (χ3n) is 3.92. The third-order valence-corrected chi connectivity index (χ3v) is 3.92. The molecule has 2 heteroatoms. The van der Waals surface area contributed by atoms with E-state index in [4.69, 9.17) is 0 Å². The van der Waals surface area contributed by atoms with Crippen LogP contribution in [0.1, 0.15) is 53.4 Å². The van der Waals surface area contributed by atoms with Crippen LogP contribution >= 0.6 is 0 Å². The molecule has 0 aromatic carbocycles. The Bertz CT molecular complexity index is 191. The largest absolute Gasteiger partial charge is 0.391 e. The van der Waals surface area contributed by atoms with Gasteiger partial charge in [-0.1, -0.05) is 34.1 Å². The first-order chi connectivity index (χ1) is 7.03. The summed E-state index contributed by atoms with van der Waals surface area (Å²) in [7, 11) is 0. The lowest BCUT2D eigenvalue weighted by Crippen LogP contribution is -2.44. The number of nitrogens with zero attached hydrogens (tertiary/aromatic N) is 1. The fourth-order valence-electron chi connectivity index (χ4n) is 2.65. The average Bonchev–Trinajstić information content (AvgIpc) is 2.46.